The van der Waals surface area contributed by atoms with E-state index in [1.54, 1.807) is 6.07 Å². The molecule has 1 aliphatic carbocycles. The summed E-state index contributed by atoms with van der Waals surface area (Å²) in [6, 6.07) is 5.61. The number of rotatable bonds is 3. The number of amides is 2. The number of nitrogens with one attached hydrogen (secondary N) is 2. The minimum atomic E-state index is -0.600. The molecule has 3 rings (SSSR count). The van der Waals surface area contributed by atoms with E-state index in [1.165, 1.54) is 0 Å². The van der Waals surface area contributed by atoms with Crippen molar-refractivity contribution in [2.45, 2.75) is 44.9 Å². The van der Waals surface area contributed by atoms with E-state index >= 15 is 0 Å². The predicted octanol–water partition coefficient (Wildman–Crippen LogP) is 2.87. The van der Waals surface area contributed by atoms with Gasteiger partial charge in [-0.3, -0.25) is 0 Å². The van der Waals surface area contributed by atoms with Crippen molar-refractivity contribution in [1.82, 2.24) is 5.32 Å². The van der Waals surface area contributed by atoms with Crippen molar-refractivity contribution >= 4 is 11.7 Å². The third-order valence-electron chi connectivity index (χ3n) is 3.41. The summed E-state index contributed by atoms with van der Waals surface area (Å²) in [5.74, 6) is 0.795. The topological polar surface area (TPSA) is 59.6 Å². The molecule has 0 unspecified atom stereocenters. The monoisotopic (exact) mass is 262 g/mol. The molecule has 0 bridgehead atoms. The van der Waals surface area contributed by atoms with E-state index in [-0.39, 0.29) is 6.03 Å². The van der Waals surface area contributed by atoms with Crippen LogP contribution in [-0.2, 0) is 0 Å². The molecule has 5 nitrogen and oxygen atoms in total. The Morgan fingerprint density at radius 2 is 2.11 bits per heavy atom. The van der Waals surface area contributed by atoms with Gasteiger partial charge in [-0.1, -0.05) is 6.92 Å². The zero-order chi connectivity index (χ0) is 13.5. The zero-order valence-corrected chi connectivity index (χ0v) is 11.2. The number of benzene rings is 1. The highest BCUT2D eigenvalue weighted by Crippen LogP contribution is 2.41. The van der Waals surface area contributed by atoms with Gasteiger partial charge in [-0.2, -0.15) is 0 Å². The normalized spacial score (nSPS) is 24.1. The van der Waals surface area contributed by atoms with E-state index in [0.29, 0.717) is 17.5 Å². The Morgan fingerprint density at radius 3 is 2.79 bits per heavy atom. The molecule has 1 heterocycles. The number of carbonyl (C=O) groups excluding carboxylic acids is 1. The first-order chi connectivity index (χ1) is 9.08. The molecule has 1 saturated carbocycles. The molecule has 1 aromatic carbocycles. The average Bonchev–Trinajstić information content (AvgIpc) is 3.09. The van der Waals surface area contributed by atoms with E-state index in [1.807, 2.05) is 26.0 Å². The first-order valence-corrected chi connectivity index (χ1v) is 6.67. The lowest BCUT2D eigenvalue weighted by molar-refractivity contribution is -0.0640. The second-order valence-corrected chi connectivity index (χ2v) is 5.23. The lowest BCUT2D eigenvalue weighted by Crippen LogP contribution is -2.33. The molecule has 0 aromatic heterocycles. The van der Waals surface area contributed by atoms with Gasteiger partial charge in [0.25, 0.3) is 0 Å². The SMILES string of the molecule is CC[C@@]1(C)Oc2ccc(NC(=O)NC3CC3)cc2O1. The third-order valence-corrected chi connectivity index (χ3v) is 3.41. The largest absolute Gasteiger partial charge is 0.449 e. The molecule has 1 aliphatic heterocycles. The van der Waals surface area contributed by atoms with E-state index in [0.717, 1.165) is 25.0 Å². The van der Waals surface area contributed by atoms with Crippen LogP contribution in [0.25, 0.3) is 0 Å². The molecule has 5 heteroatoms. The number of anilines is 1. The second kappa shape index (κ2) is 4.33. The van der Waals surface area contributed by atoms with Crippen LogP contribution in [0.1, 0.15) is 33.1 Å². The van der Waals surface area contributed by atoms with Gasteiger partial charge in [0.15, 0.2) is 11.5 Å². The number of urea groups is 1. The first kappa shape index (κ1) is 12.1. The van der Waals surface area contributed by atoms with Gasteiger partial charge in [-0.05, 0) is 25.0 Å². The number of carbonyl (C=O) groups is 1. The number of hydrogen-bond donors (Lipinski definition) is 2. The van der Waals surface area contributed by atoms with E-state index < -0.39 is 5.79 Å². The van der Waals surface area contributed by atoms with Gasteiger partial charge in [-0.15, -0.1) is 0 Å². The van der Waals surface area contributed by atoms with E-state index in [2.05, 4.69) is 10.6 Å². The fourth-order valence-corrected chi connectivity index (χ4v) is 1.96. The molecule has 0 radical (unpaired) electrons. The van der Waals surface area contributed by atoms with Gasteiger partial charge >= 0.3 is 6.03 Å². The maximum atomic E-state index is 11.7. The highest BCUT2D eigenvalue weighted by atomic mass is 16.7. The van der Waals surface area contributed by atoms with Gasteiger partial charge in [-0.25, -0.2) is 4.79 Å². The standard InChI is InChI=1S/C14H18N2O3/c1-3-14(2)18-11-7-6-10(8-12(11)19-14)16-13(17)15-9-4-5-9/h6-9H,3-5H2,1-2H3,(H2,15,16,17)/t14-/m0/s1. The Hall–Kier alpha value is -1.91. The molecular weight excluding hydrogens is 244 g/mol. The first-order valence-electron chi connectivity index (χ1n) is 6.67. The van der Waals surface area contributed by atoms with Crippen LogP contribution in [0.3, 0.4) is 0 Å². The third kappa shape index (κ3) is 2.59. The predicted molar refractivity (Wildman–Crippen MR) is 71.6 cm³/mol. The minimum absolute atomic E-state index is 0.167. The Labute approximate surface area is 112 Å². The molecule has 1 aromatic rings. The maximum absolute atomic E-state index is 11.7. The molecule has 19 heavy (non-hydrogen) atoms. The molecule has 2 aliphatic rings. The van der Waals surface area contributed by atoms with Gasteiger partial charge in [0, 0.05) is 31.1 Å². The summed E-state index contributed by atoms with van der Waals surface area (Å²) in [5.41, 5.74) is 0.709. The molecule has 0 saturated heterocycles. The molecule has 2 amide bonds. The highest BCUT2D eigenvalue weighted by Gasteiger charge is 2.35. The van der Waals surface area contributed by atoms with Crippen LogP contribution in [0.2, 0.25) is 0 Å². The van der Waals surface area contributed by atoms with Crippen molar-refractivity contribution in [3.05, 3.63) is 18.2 Å². The van der Waals surface area contributed by atoms with Crippen LogP contribution < -0.4 is 20.1 Å². The number of fused-ring (bicyclic) bond motifs is 1. The fraction of sp³-hybridized carbons (Fsp3) is 0.500. The number of ether oxygens (including phenoxy) is 2. The van der Waals surface area contributed by atoms with Crippen LogP contribution in [0, 0.1) is 0 Å². The fourth-order valence-electron chi connectivity index (χ4n) is 1.96. The van der Waals surface area contributed by atoms with Crippen LogP contribution in [0.5, 0.6) is 11.5 Å². The van der Waals surface area contributed by atoms with Crippen LogP contribution >= 0.6 is 0 Å². The quantitative estimate of drug-likeness (QED) is 0.880. The van der Waals surface area contributed by atoms with Crippen molar-refractivity contribution in [3.63, 3.8) is 0 Å². The smallest absolute Gasteiger partial charge is 0.319 e. The number of hydrogen-bond acceptors (Lipinski definition) is 3. The van der Waals surface area contributed by atoms with Crippen molar-refractivity contribution in [2.24, 2.45) is 0 Å². The van der Waals surface area contributed by atoms with Crippen LogP contribution in [0.15, 0.2) is 18.2 Å². The molecule has 2 N–H and O–H groups in total. The lowest BCUT2D eigenvalue weighted by Gasteiger charge is -2.20. The molecule has 0 spiro atoms. The summed E-state index contributed by atoms with van der Waals surface area (Å²) in [5, 5.41) is 5.68. The summed E-state index contributed by atoms with van der Waals surface area (Å²) < 4.78 is 11.5. The van der Waals surface area contributed by atoms with Crippen molar-refractivity contribution in [1.29, 1.82) is 0 Å². The summed E-state index contributed by atoms with van der Waals surface area (Å²) >= 11 is 0. The summed E-state index contributed by atoms with van der Waals surface area (Å²) in [6.07, 6.45) is 2.90. The van der Waals surface area contributed by atoms with Gasteiger partial charge < -0.3 is 20.1 Å². The van der Waals surface area contributed by atoms with Crippen LogP contribution in [-0.4, -0.2) is 17.9 Å². The Bertz CT molecular complexity index is 513. The molecule has 1 fully saturated rings. The van der Waals surface area contributed by atoms with E-state index in [9.17, 15) is 4.79 Å². The average molecular weight is 262 g/mol. The van der Waals surface area contributed by atoms with Gasteiger partial charge in [0.1, 0.15) is 0 Å². The summed E-state index contributed by atoms with van der Waals surface area (Å²) in [4.78, 5) is 11.7. The van der Waals surface area contributed by atoms with E-state index in [4.69, 9.17) is 9.47 Å². The molecular formula is C14H18N2O3. The van der Waals surface area contributed by atoms with Crippen LogP contribution in [0.4, 0.5) is 10.5 Å². The van der Waals surface area contributed by atoms with Gasteiger partial charge in [0.05, 0.1) is 0 Å². The summed E-state index contributed by atoms with van der Waals surface area (Å²) in [6.45, 7) is 3.91. The second-order valence-electron chi connectivity index (χ2n) is 5.23. The van der Waals surface area contributed by atoms with Crippen molar-refractivity contribution < 1.29 is 14.3 Å². The zero-order valence-electron chi connectivity index (χ0n) is 11.2. The van der Waals surface area contributed by atoms with Gasteiger partial charge in [0.2, 0.25) is 5.79 Å². The summed E-state index contributed by atoms with van der Waals surface area (Å²) in [7, 11) is 0. The molecule has 102 valence electrons. The minimum Gasteiger partial charge on any atom is -0.449 e. The molecule has 1 atom stereocenters. The lowest BCUT2D eigenvalue weighted by atomic mass is 10.2. The Balaban J connectivity index is 1.69. The Kier molecular flexibility index (Phi) is 2.77. The Morgan fingerprint density at radius 1 is 1.37 bits per heavy atom. The maximum Gasteiger partial charge on any atom is 0.319 e. The van der Waals surface area contributed by atoms with Crippen molar-refractivity contribution in [2.75, 3.05) is 5.32 Å². The highest BCUT2D eigenvalue weighted by molar-refractivity contribution is 5.90. The van der Waals surface area contributed by atoms with Crippen molar-refractivity contribution in [3.8, 4) is 11.5 Å².